The number of H-pyrrole nitrogens is 1. The second kappa shape index (κ2) is 9.24. The Hall–Kier alpha value is -2.96. The van der Waals surface area contributed by atoms with Gasteiger partial charge in [0.2, 0.25) is 0 Å². The van der Waals surface area contributed by atoms with E-state index < -0.39 is 23.5 Å². The van der Waals surface area contributed by atoms with E-state index in [1.807, 2.05) is 0 Å². The van der Waals surface area contributed by atoms with Gasteiger partial charge in [0.05, 0.1) is 12.2 Å². The minimum Gasteiger partial charge on any atom is -0.462 e. The first kappa shape index (κ1) is 21.7. The molecule has 1 aromatic carbocycles. The number of amides is 1. The van der Waals surface area contributed by atoms with Crippen molar-refractivity contribution in [3.8, 4) is 11.1 Å². The van der Waals surface area contributed by atoms with E-state index >= 15 is 0 Å². The number of Topliss-reactive ketones (excluding diaryl/α,β-unsaturated/α-hetero) is 1. The van der Waals surface area contributed by atoms with Gasteiger partial charge in [-0.25, -0.2) is 9.18 Å². The number of aromatic nitrogens is 1. The lowest BCUT2D eigenvalue weighted by Crippen LogP contribution is -2.44. The highest BCUT2D eigenvalue weighted by Gasteiger charge is 2.32. The number of halogens is 1. The number of nitrogens with one attached hydrogen (secondary N) is 2. The molecule has 2 N–H and O–H groups in total. The smallest absolute Gasteiger partial charge is 0.340 e. The fourth-order valence-corrected chi connectivity index (χ4v) is 4.07. The minimum atomic E-state index is -0.829. The van der Waals surface area contributed by atoms with Gasteiger partial charge in [-0.05, 0) is 38.7 Å². The normalized spacial score (nSPS) is 18.7. The molecule has 0 radical (unpaired) electrons. The molecular weight excluding hydrogens is 387 g/mol. The van der Waals surface area contributed by atoms with Crippen molar-refractivity contribution in [3.05, 3.63) is 47.0 Å². The van der Waals surface area contributed by atoms with Crippen LogP contribution >= 0.6 is 0 Å². The van der Waals surface area contributed by atoms with Gasteiger partial charge in [-0.1, -0.05) is 38.0 Å². The van der Waals surface area contributed by atoms with Crippen LogP contribution in [0.4, 0.5) is 4.39 Å². The van der Waals surface area contributed by atoms with Gasteiger partial charge >= 0.3 is 5.97 Å². The van der Waals surface area contributed by atoms with Gasteiger partial charge in [0, 0.05) is 22.9 Å². The second-order valence-corrected chi connectivity index (χ2v) is 7.75. The molecule has 0 unspecified atom stereocenters. The van der Waals surface area contributed by atoms with Crippen molar-refractivity contribution in [2.45, 2.75) is 52.5 Å². The third-order valence-corrected chi connectivity index (χ3v) is 5.67. The number of hydrogen-bond donors (Lipinski definition) is 2. The number of hydrogen-bond acceptors (Lipinski definition) is 4. The van der Waals surface area contributed by atoms with Crippen molar-refractivity contribution in [2.24, 2.45) is 5.92 Å². The summed E-state index contributed by atoms with van der Waals surface area (Å²) in [6, 6.07) is 5.76. The Kier molecular flexibility index (Phi) is 6.70. The fourth-order valence-electron chi connectivity index (χ4n) is 4.07. The minimum absolute atomic E-state index is 0.0564. The second-order valence-electron chi connectivity index (χ2n) is 7.75. The molecule has 0 saturated heterocycles. The van der Waals surface area contributed by atoms with Gasteiger partial charge in [0.25, 0.3) is 11.7 Å². The van der Waals surface area contributed by atoms with Crippen molar-refractivity contribution in [1.29, 1.82) is 0 Å². The summed E-state index contributed by atoms with van der Waals surface area (Å²) < 4.78 is 19.7. The van der Waals surface area contributed by atoms with E-state index in [0.717, 1.165) is 25.7 Å². The molecule has 7 heteroatoms. The summed E-state index contributed by atoms with van der Waals surface area (Å²) in [7, 11) is 0. The molecule has 1 amide bonds. The maximum atomic E-state index is 14.6. The maximum Gasteiger partial charge on any atom is 0.340 e. The number of carbonyl (C=O) groups is 3. The Morgan fingerprint density at radius 2 is 1.90 bits per heavy atom. The monoisotopic (exact) mass is 414 g/mol. The van der Waals surface area contributed by atoms with E-state index in [4.69, 9.17) is 4.74 Å². The molecule has 160 valence electrons. The molecule has 1 aromatic heterocycles. The summed E-state index contributed by atoms with van der Waals surface area (Å²) in [4.78, 5) is 41.2. The Morgan fingerprint density at radius 3 is 2.57 bits per heavy atom. The molecule has 1 fully saturated rings. The number of esters is 1. The van der Waals surface area contributed by atoms with Crippen LogP contribution in [0.25, 0.3) is 11.1 Å². The maximum absolute atomic E-state index is 14.6. The third kappa shape index (κ3) is 4.30. The van der Waals surface area contributed by atoms with Crippen molar-refractivity contribution in [1.82, 2.24) is 10.3 Å². The zero-order chi connectivity index (χ0) is 21.8. The number of ether oxygens (including phenoxy) is 1. The third-order valence-electron chi connectivity index (χ3n) is 5.67. The molecule has 0 bridgehead atoms. The summed E-state index contributed by atoms with van der Waals surface area (Å²) in [5, 5.41) is 2.82. The summed E-state index contributed by atoms with van der Waals surface area (Å²) in [5.74, 6) is -2.59. The average molecular weight is 414 g/mol. The van der Waals surface area contributed by atoms with Crippen LogP contribution < -0.4 is 5.32 Å². The highest BCUT2D eigenvalue weighted by atomic mass is 19.1. The number of benzene rings is 1. The summed E-state index contributed by atoms with van der Waals surface area (Å²) in [6.07, 6.45) is 3.92. The molecule has 6 nitrogen and oxygen atoms in total. The quantitative estimate of drug-likeness (QED) is 0.422. The van der Waals surface area contributed by atoms with Crippen LogP contribution in [0.5, 0.6) is 0 Å². The van der Waals surface area contributed by atoms with Crippen LogP contribution in [0.1, 0.15) is 66.1 Å². The number of ketones is 1. The molecule has 3 rings (SSSR count). The molecule has 30 heavy (non-hydrogen) atoms. The average Bonchev–Trinajstić information content (AvgIpc) is 3.06. The number of aromatic amines is 1. The lowest BCUT2D eigenvalue weighted by atomic mass is 9.86. The molecule has 0 spiro atoms. The van der Waals surface area contributed by atoms with E-state index in [1.54, 1.807) is 19.9 Å². The van der Waals surface area contributed by atoms with Gasteiger partial charge < -0.3 is 15.0 Å². The summed E-state index contributed by atoms with van der Waals surface area (Å²) in [6.45, 7) is 5.43. The largest absolute Gasteiger partial charge is 0.462 e. The Morgan fingerprint density at radius 1 is 1.20 bits per heavy atom. The fraction of sp³-hybridized carbons (Fsp3) is 0.435. The Labute approximate surface area is 175 Å². The first-order valence-corrected chi connectivity index (χ1v) is 10.3. The van der Waals surface area contributed by atoms with Gasteiger partial charge in [-0.15, -0.1) is 0 Å². The SMILES string of the molecule is CCOC(=O)c1c(C)[nH]c(C(=O)C(=O)N[C@H]2CCCC[C@H]2C)c1-c1ccccc1F. The zero-order valence-corrected chi connectivity index (χ0v) is 17.5. The van der Waals surface area contributed by atoms with E-state index in [2.05, 4.69) is 17.2 Å². The lowest BCUT2D eigenvalue weighted by molar-refractivity contribution is -0.118. The number of aryl methyl sites for hydroxylation is 1. The van der Waals surface area contributed by atoms with Gasteiger partial charge in [-0.3, -0.25) is 9.59 Å². The standard InChI is InChI=1S/C23H27FN2O4/c1-4-30-23(29)18-14(3)25-20(19(18)15-10-6-7-11-16(15)24)21(27)22(28)26-17-12-8-5-9-13(17)2/h6-7,10-11,13,17,25H,4-5,8-9,12H2,1-3H3,(H,26,28)/t13-,17+/m1/s1. The van der Waals surface area contributed by atoms with E-state index in [9.17, 15) is 18.8 Å². The molecule has 1 saturated carbocycles. The van der Waals surface area contributed by atoms with Crippen molar-refractivity contribution >= 4 is 17.7 Å². The first-order valence-electron chi connectivity index (χ1n) is 10.3. The van der Waals surface area contributed by atoms with Gasteiger partial charge in [0.15, 0.2) is 0 Å². The molecular formula is C23H27FN2O4. The van der Waals surface area contributed by atoms with Crippen molar-refractivity contribution in [2.75, 3.05) is 6.61 Å². The molecule has 0 aliphatic heterocycles. The van der Waals surface area contributed by atoms with E-state index in [0.29, 0.717) is 5.69 Å². The van der Waals surface area contributed by atoms with Crippen LogP contribution in [0.3, 0.4) is 0 Å². The van der Waals surface area contributed by atoms with Crippen LogP contribution in [0.15, 0.2) is 24.3 Å². The van der Waals surface area contributed by atoms with Crippen molar-refractivity contribution < 1.29 is 23.5 Å². The van der Waals surface area contributed by atoms with Gasteiger partial charge in [0.1, 0.15) is 11.5 Å². The number of carbonyl (C=O) groups excluding carboxylic acids is 3. The summed E-state index contributed by atoms with van der Waals surface area (Å²) in [5.41, 5.74) is 0.410. The van der Waals surface area contributed by atoms with E-state index in [-0.39, 0.29) is 41.0 Å². The Bertz CT molecular complexity index is 966. The topological polar surface area (TPSA) is 88.3 Å². The van der Waals surface area contributed by atoms with Crippen molar-refractivity contribution in [3.63, 3.8) is 0 Å². The highest BCUT2D eigenvalue weighted by molar-refractivity contribution is 6.44. The molecule has 2 atom stereocenters. The lowest BCUT2D eigenvalue weighted by Gasteiger charge is -2.29. The molecule has 1 aliphatic carbocycles. The summed E-state index contributed by atoms with van der Waals surface area (Å²) >= 11 is 0. The zero-order valence-electron chi connectivity index (χ0n) is 17.5. The molecule has 2 aromatic rings. The number of rotatable bonds is 6. The molecule has 1 aliphatic rings. The predicted molar refractivity (Wildman–Crippen MR) is 111 cm³/mol. The van der Waals surface area contributed by atoms with Crippen LogP contribution in [-0.4, -0.2) is 35.3 Å². The van der Waals surface area contributed by atoms with Crippen LogP contribution in [0.2, 0.25) is 0 Å². The molecule has 1 heterocycles. The van der Waals surface area contributed by atoms with E-state index in [1.165, 1.54) is 18.2 Å². The first-order chi connectivity index (χ1) is 14.3. The highest BCUT2D eigenvalue weighted by Crippen LogP contribution is 2.33. The Balaban J connectivity index is 2.02. The van der Waals surface area contributed by atoms with Gasteiger partial charge in [-0.2, -0.15) is 0 Å². The van der Waals surface area contributed by atoms with Crippen LogP contribution in [0, 0.1) is 18.7 Å². The van der Waals surface area contributed by atoms with Crippen LogP contribution in [-0.2, 0) is 9.53 Å². The predicted octanol–water partition coefficient (Wildman–Crippen LogP) is 4.18.